The van der Waals surface area contributed by atoms with Gasteiger partial charge in [0.15, 0.2) is 17.1 Å². The van der Waals surface area contributed by atoms with Crippen LogP contribution in [0.15, 0.2) is 67.0 Å². The molecule has 0 unspecified atom stereocenters. The van der Waals surface area contributed by atoms with Crippen molar-refractivity contribution in [2.75, 3.05) is 25.1 Å². The molecule has 0 spiro atoms. The lowest BCUT2D eigenvalue weighted by molar-refractivity contribution is -0.152. The Morgan fingerprint density at radius 3 is 2.32 bits per heavy atom. The van der Waals surface area contributed by atoms with Crippen LogP contribution >= 0.6 is 0 Å². The molecule has 0 amide bonds. The van der Waals surface area contributed by atoms with Crippen LogP contribution in [0.3, 0.4) is 0 Å². The van der Waals surface area contributed by atoms with Crippen molar-refractivity contribution in [1.29, 1.82) is 0 Å². The molecular formula is C30H33N3O5. The van der Waals surface area contributed by atoms with Gasteiger partial charge < -0.3 is 24.6 Å². The second kappa shape index (κ2) is 11.8. The minimum atomic E-state index is -1.40. The number of benzene rings is 3. The van der Waals surface area contributed by atoms with Gasteiger partial charge >= 0.3 is 5.97 Å². The van der Waals surface area contributed by atoms with Gasteiger partial charge in [0.1, 0.15) is 17.9 Å². The van der Waals surface area contributed by atoms with Crippen LogP contribution < -0.4 is 19.5 Å². The summed E-state index contributed by atoms with van der Waals surface area (Å²) in [5, 5.41) is 15.1. The standard InChI is InChI=1S/C30H33N3O5/c1-5-36-26-16-21-10-8-7-9-20(21)15-23(26)13-14-31-28-18-24(32-19-33-28)22-11-12-25(27(17-22)37-6-2)38-30(3,4)29(34)35/h7-12,15-19H,5-6,13-14H2,1-4H3,(H,34,35)(H,31,32,33). The normalized spacial score (nSPS) is 11.3. The number of anilines is 1. The van der Waals surface area contributed by atoms with Crippen molar-refractivity contribution in [3.05, 3.63) is 72.6 Å². The summed E-state index contributed by atoms with van der Waals surface area (Å²) in [7, 11) is 0. The lowest BCUT2D eigenvalue weighted by Gasteiger charge is -2.23. The van der Waals surface area contributed by atoms with Crippen LogP contribution in [-0.4, -0.2) is 46.4 Å². The van der Waals surface area contributed by atoms with Gasteiger partial charge in [-0.15, -0.1) is 0 Å². The zero-order chi connectivity index (χ0) is 27.1. The van der Waals surface area contributed by atoms with Crippen LogP contribution in [0.4, 0.5) is 5.82 Å². The van der Waals surface area contributed by atoms with E-state index in [2.05, 4.69) is 39.6 Å². The number of nitrogens with zero attached hydrogens (tertiary/aromatic N) is 2. The summed E-state index contributed by atoms with van der Waals surface area (Å²) < 4.78 is 17.4. The van der Waals surface area contributed by atoms with Crippen LogP contribution in [0.5, 0.6) is 17.2 Å². The van der Waals surface area contributed by atoms with E-state index in [-0.39, 0.29) is 0 Å². The first-order valence-corrected chi connectivity index (χ1v) is 12.7. The van der Waals surface area contributed by atoms with E-state index in [9.17, 15) is 9.90 Å². The second-order valence-corrected chi connectivity index (χ2v) is 9.22. The van der Waals surface area contributed by atoms with E-state index in [0.717, 1.165) is 28.7 Å². The van der Waals surface area contributed by atoms with Crippen molar-refractivity contribution in [2.24, 2.45) is 0 Å². The van der Waals surface area contributed by atoms with Crippen molar-refractivity contribution < 1.29 is 24.1 Å². The smallest absolute Gasteiger partial charge is 0.347 e. The molecule has 8 nitrogen and oxygen atoms in total. The van der Waals surface area contributed by atoms with Crippen LogP contribution in [0.25, 0.3) is 22.0 Å². The van der Waals surface area contributed by atoms with Gasteiger partial charge in [0.25, 0.3) is 0 Å². The molecule has 8 heteroatoms. The molecule has 38 heavy (non-hydrogen) atoms. The number of fused-ring (bicyclic) bond motifs is 1. The highest BCUT2D eigenvalue weighted by Crippen LogP contribution is 2.35. The van der Waals surface area contributed by atoms with E-state index in [0.29, 0.717) is 42.8 Å². The number of nitrogens with one attached hydrogen (secondary N) is 1. The predicted octanol–water partition coefficient (Wildman–Crippen LogP) is 5.99. The molecule has 0 bridgehead atoms. The summed E-state index contributed by atoms with van der Waals surface area (Å²) in [5.41, 5.74) is 1.24. The summed E-state index contributed by atoms with van der Waals surface area (Å²) in [4.78, 5) is 20.3. The minimum Gasteiger partial charge on any atom is -0.494 e. The molecule has 0 fully saturated rings. The third-order valence-electron chi connectivity index (χ3n) is 6.02. The molecule has 0 radical (unpaired) electrons. The maximum Gasteiger partial charge on any atom is 0.347 e. The molecule has 198 valence electrons. The Morgan fingerprint density at radius 1 is 0.895 bits per heavy atom. The highest BCUT2D eigenvalue weighted by atomic mass is 16.5. The summed E-state index contributed by atoms with van der Waals surface area (Å²) in [6, 6.07) is 19.7. The van der Waals surface area contributed by atoms with Gasteiger partial charge in [-0.3, -0.25) is 0 Å². The first-order valence-electron chi connectivity index (χ1n) is 12.7. The second-order valence-electron chi connectivity index (χ2n) is 9.22. The molecule has 0 saturated carbocycles. The number of carboxylic acids is 1. The maximum absolute atomic E-state index is 11.5. The first-order chi connectivity index (χ1) is 18.3. The van der Waals surface area contributed by atoms with Gasteiger partial charge in [0.05, 0.1) is 18.9 Å². The van der Waals surface area contributed by atoms with Crippen molar-refractivity contribution in [2.45, 2.75) is 39.7 Å². The molecule has 0 aliphatic heterocycles. The fourth-order valence-corrected chi connectivity index (χ4v) is 4.03. The number of aromatic nitrogens is 2. The highest BCUT2D eigenvalue weighted by Gasteiger charge is 2.30. The van der Waals surface area contributed by atoms with Crippen LogP contribution in [0.1, 0.15) is 33.3 Å². The Bertz CT molecular complexity index is 1420. The fourth-order valence-electron chi connectivity index (χ4n) is 4.03. The quantitative estimate of drug-likeness (QED) is 0.237. The summed E-state index contributed by atoms with van der Waals surface area (Å²) in [5.74, 6) is 1.34. The number of ether oxygens (including phenoxy) is 3. The SMILES string of the molecule is CCOc1cc2ccccc2cc1CCNc1cc(-c2ccc(OC(C)(C)C(=O)O)c(OCC)c2)ncn1. The Morgan fingerprint density at radius 2 is 1.61 bits per heavy atom. The van der Waals surface area contributed by atoms with E-state index in [4.69, 9.17) is 14.2 Å². The third-order valence-corrected chi connectivity index (χ3v) is 6.02. The Balaban J connectivity index is 1.50. The Kier molecular flexibility index (Phi) is 8.31. The number of carboxylic acid groups (broad SMARTS) is 1. The molecule has 0 saturated heterocycles. The van der Waals surface area contributed by atoms with E-state index in [1.807, 2.05) is 38.1 Å². The van der Waals surface area contributed by atoms with E-state index < -0.39 is 11.6 Å². The Hall–Kier alpha value is -4.33. The molecule has 0 aliphatic carbocycles. The lowest BCUT2D eigenvalue weighted by atomic mass is 10.0. The lowest BCUT2D eigenvalue weighted by Crippen LogP contribution is -2.38. The zero-order valence-electron chi connectivity index (χ0n) is 22.2. The summed E-state index contributed by atoms with van der Waals surface area (Å²) >= 11 is 0. The number of carbonyl (C=O) groups is 1. The van der Waals surface area contributed by atoms with Crippen molar-refractivity contribution in [3.8, 4) is 28.5 Å². The monoisotopic (exact) mass is 515 g/mol. The first kappa shape index (κ1) is 26.7. The number of hydrogen-bond acceptors (Lipinski definition) is 7. The fraction of sp³-hybridized carbons (Fsp3) is 0.300. The molecule has 1 heterocycles. The van der Waals surface area contributed by atoms with Gasteiger partial charge in [-0.25, -0.2) is 14.8 Å². The van der Waals surface area contributed by atoms with Gasteiger partial charge in [-0.2, -0.15) is 0 Å². The average molecular weight is 516 g/mol. The van der Waals surface area contributed by atoms with Crippen LogP contribution in [0, 0.1) is 0 Å². The molecular weight excluding hydrogens is 482 g/mol. The van der Waals surface area contributed by atoms with Gasteiger partial charge in [0, 0.05) is 18.2 Å². The zero-order valence-corrected chi connectivity index (χ0v) is 22.2. The molecule has 3 aromatic carbocycles. The highest BCUT2D eigenvalue weighted by molar-refractivity contribution is 5.85. The van der Waals surface area contributed by atoms with Crippen LogP contribution in [-0.2, 0) is 11.2 Å². The number of hydrogen-bond donors (Lipinski definition) is 2. The maximum atomic E-state index is 11.5. The molecule has 0 aliphatic rings. The van der Waals surface area contributed by atoms with Crippen LogP contribution in [0.2, 0.25) is 0 Å². The summed E-state index contributed by atoms with van der Waals surface area (Å²) in [6.07, 6.45) is 2.27. The number of rotatable bonds is 12. The van der Waals surface area contributed by atoms with E-state index >= 15 is 0 Å². The largest absolute Gasteiger partial charge is 0.494 e. The van der Waals surface area contributed by atoms with Gasteiger partial charge in [0.2, 0.25) is 0 Å². The predicted molar refractivity (Wildman–Crippen MR) is 148 cm³/mol. The molecule has 4 aromatic rings. The molecule has 0 atom stereocenters. The Labute approximate surface area is 222 Å². The van der Waals surface area contributed by atoms with Gasteiger partial charge in [-0.05, 0) is 80.8 Å². The minimum absolute atomic E-state index is 0.357. The van der Waals surface area contributed by atoms with E-state index in [1.165, 1.54) is 25.6 Å². The van der Waals surface area contributed by atoms with Crippen molar-refractivity contribution in [3.63, 3.8) is 0 Å². The topological polar surface area (TPSA) is 103 Å². The third kappa shape index (κ3) is 6.32. The molecule has 2 N–H and O–H groups in total. The average Bonchev–Trinajstić information content (AvgIpc) is 2.90. The molecule has 1 aromatic heterocycles. The summed E-state index contributed by atoms with van der Waals surface area (Å²) in [6.45, 7) is 8.52. The van der Waals surface area contributed by atoms with Crippen molar-refractivity contribution in [1.82, 2.24) is 9.97 Å². The molecule has 4 rings (SSSR count). The van der Waals surface area contributed by atoms with Gasteiger partial charge in [-0.1, -0.05) is 24.3 Å². The van der Waals surface area contributed by atoms with Crippen molar-refractivity contribution >= 4 is 22.6 Å². The van der Waals surface area contributed by atoms with E-state index in [1.54, 1.807) is 12.1 Å². The number of aliphatic carboxylic acids is 1.